The maximum absolute atomic E-state index is 10.8. The molecule has 1 heterocycles. The van der Waals surface area contributed by atoms with Crippen molar-refractivity contribution in [2.45, 2.75) is 25.0 Å². The third-order valence-electron chi connectivity index (χ3n) is 1.82. The predicted octanol–water partition coefficient (Wildman–Crippen LogP) is 1.00. The summed E-state index contributed by atoms with van der Waals surface area (Å²) < 4.78 is 5.07. The van der Waals surface area contributed by atoms with Crippen LogP contribution in [0.2, 0.25) is 0 Å². The number of hydrogen-bond donors (Lipinski definition) is 2. The molecule has 78 valence electrons. The SMILES string of the molecule is CC(=O)C(O)C(O)c1ccc(CCl)o1. The molecule has 5 heteroatoms. The van der Waals surface area contributed by atoms with Crippen LogP contribution < -0.4 is 0 Å². The fourth-order valence-electron chi connectivity index (χ4n) is 1.00. The lowest BCUT2D eigenvalue weighted by atomic mass is 10.1. The first-order valence-electron chi connectivity index (χ1n) is 4.07. The molecule has 2 atom stereocenters. The second kappa shape index (κ2) is 4.59. The van der Waals surface area contributed by atoms with Crippen molar-refractivity contribution in [1.29, 1.82) is 0 Å². The van der Waals surface area contributed by atoms with Crippen molar-refractivity contribution in [2.75, 3.05) is 0 Å². The summed E-state index contributed by atoms with van der Waals surface area (Å²) in [6, 6.07) is 3.06. The molecule has 0 amide bonds. The number of carbonyl (C=O) groups is 1. The number of aliphatic hydroxyl groups is 2. The Morgan fingerprint density at radius 3 is 2.64 bits per heavy atom. The lowest BCUT2D eigenvalue weighted by Crippen LogP contribution is -2.25. The first-order valence-corrected chi connectivity index (χ1v) is 4.61. The van der Waals surface area contributed by atoms with Gasteiger partial charge in [0.25, 0.3) is 0 Å². The van der Waals surface area contributed by atoms with Crippen LogP contribution in [-0.2, 0) is 10.7 Å². The molecule has 1 aromatic heterocycles. The molecule has 0 aromatic carbocycles. The van der Waals surface area contributed by atoms with Gasteiger partial charge in [-0.1, -0.05) is 0 Å². The number of rotatable bonds is 4. The smallest absolute Gasteiger partial charge is 0.161 e. The van der Waals surface area contributed by atoms with Crippen LogP contribution in [0.15, 0.2) is 16.5 Å². The Balaban J connectivity index is 2.78. The van der Waals surface area contributed by atoms with Gasteiger partial charge in [0.1, 0.15) is 23.7 Å². The highest BCUT2D eigenvalue weighted by atomic mass is 35.5. The van der Waals surface area contributed by atoms with Crippen molar-refractivity contribution in [3.05, 3.63) is 23.7 Å². The predicted molar refractivity (Wildman–Crippen MR) is 49.9 cm³/mol. The molecule has 2 unspecified atom stereocenters. The Bertz CT molecular complexity index is 320. The van der Waals surface area contributed by atoms with E-state index in [0.717, 1.165) is 0 Å². The Labute approximate surface area is 86.1 Å². The average Bonchev–Trinajstić information content (AvgIpc) is 2.63. The molecule has 0 radical (unpaired) electrons. The summed E-state index contributed by atoms with van der Waals surface area (Å²) in [5.74, 6) is 0.296. The second-order valence-corrected chi connectivity index (χ2v) is 3.21. The minimum atomic E-state index is -1.45. The first-order chi connectivity index (χ1) is 6.56. The van der Waals surface area contributed by atoms with E-state index in [1.54, 1.807) is 6.07 Å². The van der Waals surface area contributed by atoms with Gasteiger partial charge in [0, 0.05) is 0 Å². The standard InChI is InChI=1S/C9H11ClO4/c1-5(11)8(12)9(13)7-3-2-6(4-10)14-7/h2-3,8-9,12-13H,4H2,1H3. The molecule has 0 spiro atoms. The van der Waals surface area contributed by atoms with Gasteiger partial charge in [-0.3, -0.25) is 4.79 Å². The minimum absolute atomic E-state index is 0.142. The summed E-state index contributed by atoms with van der Waals surface area (Å²) in [7, 11) is 0. The zero-order valence-corrected chi connectivity index (χ0v) is 8.36. The highest BCUT2D eigenvalue weighted by molar-refractivity contribution is 6.16. The van der Waals surface area contributed by atoms with Gasteiger partial charge in [-0.2, -0.15) is 0 Å². The Kier molecular flexibility index (Phi) is 3.69. The van der Waals surface area contributed by atoms with E-state index in [-0.39, 0.29) is 11.6 Å². The summed E-state index contributed by atoms with van der Waals surface area (Å²) >= 11 is 5.48. The largest absolute Gasteiger partial charge is 0.462 e. The minimum Gasteiger partial charge on any atom is -0.462 e. The molecule has 14 heavy (non-hydrogen) atoms. The molecule has 0 saturated carbocycles. The monoisotopic (exact) mass is 218 g/mol. The van der Waals surface area contributed by atoms with Crippen molar-refractivity contribution < 1.29 is 19.4 Å². The van der Waals surface area contributed by atoms with Crippen molar-refractivity contribution in [3.63, 3.8) is 0 Å². The molecular weight excluding hydrogens is 208 g/mol. The molecule has 0 aliphatic carbocycles. The van der Waals surface area contributed by atoms with Crippen LogP contribution in [0.1, 0.15) is 24.5 Å². The van der Waals surface area contributed by atoms with E-state index in [9.17, 15) is 15.0 Å². The third kappa shape index (κ3) is 2.35. The summed E-state index contributed by atoms with van der Waals surface area (Å²) in [4.78, 5) is 10.8. The van der Waals surface area contributed by atoms with E-state index in [1.165, 1.54) is 13.0 Å². The molecule has 0 aliphatic heterocycles. The van der Waals surface area contributed by atoms with E-state index >= 15 is 0 Å². The van der Waals surface area contributed by atoms with E-state index < -0.39 is 18.0 Å². The first kappa shape index (κ1) is 11.2. The van der Waals surface area contributed by atoms with E-state index in [2.05, 4.69) is 0 Å². The number of carbonyl (C=O) groups excluding carboxylic acids is 1. The number of hydrogen-bond acceptors (Lipinski definition) is 4. The highest BCUT2D eigenvalue weighted by Gasteiger charge is 2.25. The number of alkyl halides is 1. The normalized spacial score (nSPS) is 15.1. The molecule has 0 saturated heterocycles. The maximum atomic E-state index is 10.8. The van der Waals surface area contributed by atoms with Crippen LogP contribution in [0.5, 0.6) is 0 Å². The second-order valence-electron chi connectivity index (χ2n) is 2.94. The summed E-state index contributed by atoms with van der Waals surface area (Å²) in [6.07, 6.45) is -2.78. The molecule has 0 bridgehead atoms. The Hall–Kier alpha value is -0.840. The van der Waals surface area contributed by atoms with Gasteiger partial charge >= 0.3 is 0 Å². The fourth-order valence-corrected chi connectivity index (χ4v) is 1.15. The molecular formula is C9H11ClO4. The molecule has 1 aromatic rings. The lowest BCUT2D eigenvalue weighted by Gasteiger charge is -2.12. The van der Waals surface area contributed by atoms with Crippen molar-refractivity contribution in [3.8, 4) is 0 Å². The van der Waals surface area contributed by atoms with Crippen LogP contribution >= 0.6 is 11.6 Å². The quantitative estimate of drug-likeness (QED) is 0.740. The van der Waals surface area contributed by atoms with Crippen LogP contribution in [0.3, 0.4) is 0 Å². The summed E-state index contributed by atoms with van der Waals surface area (Å²) in [5.41, 5.74) is 0. The van der Waals surface area contributed by atoms with E-state index in [1.807, 2.05) is 0 Å². The maximum Gasteiger partial charge on any atom is 0.161 e. The number of furan rings is 1. The Morgan fingerprint density at radius 2 is 2.21 bits per heavy atom. The molecule has 1 rings (SSSR count). The lowest BCUT2D eigenvalue weighted by molar-refractivity contribution is -0.131. The van der Waals surface area contributed by atoms with Crippen molar-refractivity contribution in [1.82, 2.24) is 0 Å². The van der Waals surface area contributed by atoms with Crippen LogP contribution in [-0.4, -0.2) is 22.1 Å². The summed E-state index contributed by atoms with van der Waals surface area (Å²) in [5, 5.41) is 18.7. The molecule has 0 fully saturated rings. The van der Waals surface area contributed by atoms with Gasteiger partial charge in [0.15, 0.2) is 5.78 Å². The summed E-state index contributed by atoms with van der Waals surface area (Å²) in [6.45, 7) is 1.19. The van der Waals surface area contributed by atoms with Crippen LogP contribution in [0.25, 0.3) is 0 Å². The zero-order chi connectivity index (χ0) is 10.7. The number of Topliss-reactive ketones (excluding diaryl/α,β-unsaturated/α-hetero) is 1. The number of aliphatic hydroxyl groups excluding tert-OH is 2. The zero-order valence-electron chi connectivity index (χ0n) is 7.61. The van der Waals surface area contributed by atoms with Crippen LogP contribution in [0, 0.1) is 0 Å². The van der Waals surface area contributed by atoms with E-state index in [4.69, 9.17) is 16.0 Å². The van der Waals surface area contributed by atoms with Gasteiger partial charge in [-0.05, 0) is 19.1 Å². The average molecular weight is 219 g/mol. The topological polar surface area (TPSA) is 70.7 Å². The number of halogens is 1. The molecule has 0 aliphatic rings. The molecule has 2 N–H and O–H groups in total. The number of ketones is 1. The molecule has 4 nitrogen and oxygen atoms in total. The van der Waals surface area contributed by atoms with Gasteiger partial charge in [0.05, 0.1) is 5.88 Å². The fraction of sp³-hybridized carbons (Fsp3) is 0.444. The van der Waals surface area contributed by atoms with Crippen LogP contribution in [0.4, 0.5) is 0 Å². The van der Waals surface area contributed by atoms with E-state index in [0.29, 0.717) is 5.76 Å². The van der Waals surface area contributed by atoms with Gasteiger partial charge in [-0.25, -0.2) is 0 Å². The van der Waals surface area contributed by atoms with Gasteiger partial charge in [0.2, 0.25) is 0 Å². The van der Waals surface area contributed by atoms with Crippen molar-refractivity contribution in [2.24, 2.45) is 0 Å². The highest BCUT2D eigenvalue weighted by Crippen LogP contribution is 2.21. The van der Waals surface area contributed by atoms with Gasteiger partial charge < -0.3 is 14.6 Å². The third-order valence-corrected chi connectivity index (χ3v) is 2.08. The Morgan fingerprint density at radius 1 is 1.57 bits per heavy atom. The van der Waals surface area contributed by atoms with Crippen molar-refractivity contribution >= 4 is 17.4 Å². The van der Waals surface area contributed by atoms with Gasteiger partial charge in [-0.15, -0.1) is 11.6 Å².